The van der Waals surface area contributed by atoms with Gasteiger partial charge in [0.15, 0.2) is 0 Å². The molecule has 0 bridgehead atoms. The summed E-state index contributed by atoms with van der Waals surface area (Å²) in [4.78, 5) is 14.0. The molecule has 0 aliphatic heterocycles. The van der Waals surface area contributed by atoms with Gasteiger partial charge < -0.3 is 14.0 Å². The molecule has 49 heavy (non-hydrogen) atoms. The Morgan fingerprint density at radius 1 is 0.980 bits per heavy atom. The standard InChI is InChI=1S/C22H18N3O.C20H28NSi.Ir/c1-13(2)25-19-10-5-4-9-18(19)24-21(25)17-8-6-7-15-16-12-11-14(3)23-22(16)26-20(15)17;1-15-8-10-16(11-9-15)18-12-17(13-20(2,3)4)19(14-21-18)22(5,6)7;/h4-7,9-13H,1-3H3;8-10,12,14H,13H2,1-7H3;/q2*-1;/i;1D3,13D2;. The van der Waals surface area contributed by atoms with Crippen LogP contribution in [0.1, 0.15) is 64.3 Å². The molecule has 255 valence electrons. The summed E-state index contributed by atoms with van der Waals surface area (Å²) in [7, 11) is -1.81. The minimum atomic E-state index is -2.17. The van der Waals surface area contributed by atoms with E-state index in [1.54, 1.807) is 18.3 Å². The van der Waals surface area contributed by atoms with E-state index in [0.717, 1.165) is 49.7 Å². The Kier molecular flexibility index (Phi) is 8.65. The van der Waals surface area contributed by atoms with Gasteiger partial charge in [-0.2, -0.15) is 0 Å². The van der Waals surface area contributed by atoms with Crippen LogP contribution in [0.3, 0.4) is 0 Å². The van der Waals surface area contributed by atoms with Crippen LogP contribution in [0.2, 0.25) is 19.6 Å². The molecule has 0 unspecified atom stereocenters. The average molecular weight is 848 g/mol. The van der Waals surface area contributed by atoms with E-state index in [2.05, 4.69) is 72.3 Å². The molecule has 3 aromatic carbocycles. The van der Waals surface area contributed by atoms with Gasteiger partial charge in [-0.3, -0.25) is 4.98 Å². The number of hydrogen-bond donors (Lipinski definition) is 0. The van der Waals surface area contributed by atoms with E-state index >= 15 is 0 Å². The van der Waals surface area contributed by atoms with Crippen molar-refractivity contribution in [3.8, 4) is 22.6 Å². The van der Waals surface area contributed by atoms with Crippen LogP contribution in [0.5, 0.6) is 0 Å². The van der Waals surface area contributed by atoms with E-state index < -0.39 is 26.7 Å². The van der Waals surface area contributed by atoms with Crippen molar-refractivity contribution < 1.29 is 31.4 Å². The summed E-state index contributed by atoms with van der Waals surface area (Å²) in [5, 5.41) is 3.07. The van der Waals surface area contributed by atoms with Gasteiger partial charge in [-0.15, -0.1) is 53.6 Å². The molecule has 1 radical (unpaired) electrons. The fourth-order valence-corrected chi connectivity index (χ4v) is 7.31. The van der Waals surface area contributed by atoms with Crippen molar-refractivity contribution in [2.45, 2.75) is 80.5 Å². The molecule has 0 atom stereocenters. The van der Waals surface area contributed by atoms with E-state index in [0.29, 0.717) is 22.5 Å². The molecule has 0 saturated heterocycles. The molecule has 7 heteroatoms. The number of aromatic nitrogens is 4. The Labute approximate surface area is 312 Å². The first-order chi connectivity index (χ1) is 24.7. The van der Waals surface area contributed by atoms with E-state index in [9.17, 15) is 0 Å². The molecule has 0 aliphatic rings. The van der Waals surface area contributed by atoms with Gasteiger partial charge in [-0.1, -0.05) is 82.0 Å². The monoisotopic (exact) mass is 848 g/mol. The van der Waals surface area contributed by atoms with Crippen molar-refractivity contribution in [2.24, 2.45) is 5.41 Å². The third-order valence-electron chi connectivity index (χ3n) is 8.08. The minimum Gasteiger partial charge on any atom is -0.486 e. The second-order valence-corrected chi connectivity index (χ2v) is 19.7. The van der Waals surface area contributed by atoms with Gasteiger partial charge in [0.25, 0.3) is 0 Å². The summed E-state index contributed by atoms with van der Waals surface area (Å²) in [5.41, 5.74) is 6.97. The minimum absolute atomic E-state index is 0. The zero-order valence-electron chi connectivity index (χ0n) is 34.6. The Bertz CT molecular complexity index is 2440. The topological polar surface area (TPSA) is 56.7 Å². The molecule has 0 amide bonds. The van der Waals surface area contributed by atoms with Crippen LogP contribution in [0.25, 0.3) is 55.7 Å². The molecular formula is C42H46IrN4OSi-2. The fourth-order valence-electron chi connectivity index (χ4n) is 5.92. The van der Waals surface area contributed by atoms with Crippen molar-refractivity contribution in [1.29, 1.82) is 0 Å². The first-order valence-corrected chi connectivity index (χ1v) is 19.9. The smallest absolute Gasteiger partial charge is 0.216 e. The molecule has 0 spiro atoms. The van der Waals surface area contributed by atoms with Gasteiger partial charge in [0.05, 0.1) is 30.5 Å². The zero-order chi connectivity index (χ0) is 38.7. The van der Waals surface area contributed by atoms with Crippen LogP contribution < -0.4 is 5.19 Å². The predicted octanol–water partition coefficient (Wildman–Crippen LogP) is 10.7. The molecule has 7 aromatic rings. The van der Waals surface area contributed by atoms with E-state index in [4.69, 9.17) is 16.3 Å². The number of hydrogen-bond acceptors (Lipinski definition) is 4. The molecular weight excluding hydrogens is 797 g/mol. The van der Waals surface area contributed by atoms with Crippen LogP contribution in [0.15, 0.2) is 83.4 Å². The third-order valence-corrected chi connectivity index (χ3v) is 10.1. The molecule has 4 heterocycles. The summed E-state index contributed by atoms with van der Waals surface area (Å²) in [6.07, 6.45) is 0.269. The maximum atomic E-state index is 8.79. The van der Waals surface area contributed by atoms with Crippen LogP contribution in [0, 0.1) is 31.3 Å². The molecule has 5 nitrogen and oxygen atoms in total. The van der Waals surface area contributed by atoms with Crippen molar-refractivity contribution in [3.05, 3.63) is 108 Å². The van der Waals surface area contributed by atoms with E-state index in [-0.39, 0.29) is 31.7 Å². The molecule has 4 aromatic heterocycles. The number of furan rings is 1. The largest absolute Gasteiger partial charge is 0.486 e. The van der Waals surface area contributed by atoms with Crippen LogP contribution in [-0.2, 0) is 26.5 Å². The SMILES string of the molecule is Cc1ccc2c(n1)oc1c(-c3nc4ccccc4n3C(C)C)[c-]ccc12.[2H]C([2H])([2H])c1c[c-]c(-c2cc(C([2H])([2H])C(C)(C)C)c([Si](C)(C)C)cn2)cc1.[Ir]. The first kappa shape index (κ1) is 30.0. The second-order valence-electron chi connectivity index (χ2n) is 14.6. The molecule has 0 saturated carbocycles. The number of rotatable bonds is 5. The third kappa shape index (κ3) is 7.80. The van der Waals surface area contributed by atoms with Gasteiger partial charge in [0.1, 0.15) is 0 Å². The fraction of sp³-hybridized carbons (Fsp3) is 0.310. The molecule has 0 aliphatic carbocycles. The number of pyridine rings is 2. The van der Waals surface area contributed by atoms with Crippen molar-refractivity contribution in [1.82, 2.24) is 19.5 Å². The summed E-state index contributed by atoms with van der Waals surface area (Å²) in [6, 6.07) is 29.4. The Morgan fingerprint density at radius 3 is 2.43 bits per heavy atom. The second kappa shape index (κ2) is 14.1. The van der Waals surface area contributed by atoms with Gasteiger partial charge in [-0.05, 0) is 67.7 Å². The van der Waals surface area contributed by atoms with Gasteiger partial charge in [0, 0.05) is 50.3 Å². The van der Waals surface area contributed by atoms with Crippen LogP contribution >= 0.6 is 0 Å². The number of benzene rings is 3. The first-order valence-electron chi connectivity index (χ1n) is 18.9. The summed E-state index contributed by atoms with van der Waals surface area (Å²) < 4.78 is 48.4. The summed E-state index contributed by atoms with van der Waals surface area (Å²) >= 11 is 0. The van der Waals surface area contributed by atoms with E-state index in [1.807, 2.05) is 70.2 Å². The average Bonchev–Trinajstić information content (AvgIpc) is 3.65. The zero-order valence-corrected chi connectivity index (χ0v) is 33.0. The van der Waals surface area contributed by atoms with Gasteiger partial charge in [-0.25, -0.2) is 4.98 Å². The number of imidazole rings is 1. The number of fused-ring (bicyclic) bond motifs is 4. The van der Waals surface area contributed by atoms with E-state index in [1.165, 1.54) is 6.07 Å². The van der Waals surface area contributed by atoms with Crippen molar-refractivity contribution in [3.63, 3.8) is 0 Å². The number of aryl methyl sites for hydroxylation is 2. The summed E-state index contributed by atoms with van der Waals surface area (Å²) in [5.74, 6) is 0.877. The van der Waals surface area contributed by atoms with Gasteiger partial charge in [0.2, 0.25) is 5.71 Å². The predicted molar refractivity (Wildman–Crippen MR) is 204 cm³/mol. The Hall–Kier alpha value is -3.90. The Morgan fingerprint density at radius 2 is 1.76 bits per heavy atom. The quantitative estimate of drug-likeness (QED) is 0.128. The van der Waals surface area contributed by atoms with Crippen LogP contribution in [0.4, 0.5) is 0 Å². The normalized spacial score (nSPS) is 14.0. The molecule has 0 fully saturated rings. The van der Waals surface area contributed by atoms with Crippen molar-refractivity contribution >= 4 is 46.4 Å². The number of para-hydroxylation sites is 2. The Balaban J connectivity index is 0.000000204. The summed E-state index contributed by atoms with van der Waals surface area (Å²) in [6.45, 7) is 16.4. The van der Waals surface area contributed by atoms with Crippen molar-refractivity contribution in [2.75, 3.05) is 0 Å². The molecule has 7 rings (SSSR count). The van der Waals surface area contributed by atoms with Gasteiger partial charge >= 0.3 is 0 Å². The maximum absolute atomic E-state index is 8.79. The number of nitrogens with zero attached hydrogens (tertiary/aromatic N) is 4. The maximum Gasteiger partial charge on any atom is 0.216 e. The molecule has 0 N–H and O–H groups in total. The van der Waals surface area contributed by atoms with Crippen LogP contribution in [-0.4, -0.2) is 27.6 Å².